The number of sulfonamides is 1. The highest BCUT2D eigenvalue weighted by molar-refractivity contribution is 7.89. The molecule has 0 radical (unpaired) electrons. The third-order valence-electron chi connectivity index (χ3n) is 4.50. The van der Waals surface area contributed by atoms with Gasteiger partial charge in [-0.2, -0.15) is 0 Å². The molecular formula is C17H23ClN2O5S. The number of ether oxygens (including phenoxy) is 2. The summed E-state index contributed by atoms with van der Waals surface area (Å²) >= 11 is 6.17. The average Bonchev–Trinajstić information content (AvgIpc) is 2.62. The number of fused-ring (bicyclic) bond motifs is 1. The van der Waals surface area contributed by atoms with Crippen LogP contribution in [0.15, 0.2) is 12.1 Å². The number of carbonyl (C=O) groups excluding carboxylic acids is 1. The van der Waals surface area contributed by atoms with Crippen LogP contribution in [0.25, 0.3) is 0 Å². The van der Waals surface area contributed by atoms with E-state index >= 15 is 0 Å². The fourth-order valence-corrected chi connectivity index (χ4v) is 4.98. The van der Waals surface area contributed by atoms with Crippen LogP contribution in [0.4, 0.5) is 0 Å². The highest BCUT2D eigenvalue weighted by Crippen LogP contribution is 2.38. The Morgan fingerprint density at radius 1 is 1.27 bits per heavy atom. The number of piperidine rings is 1. The highest BCUT2D eigenvalue weighted by atomic mass is 35.5. The molecule has 26 heavy (non-hydrogen) atoms. The van der Waals surface area contributed by atoms with Gasteiger partial charge in [0.05, 0.1) is 10.8 Å². The molecule has 0 spiro atoms. The standard InChI is InChI=1S/C17H23ClN2O5S/c1-2-9-26(22,23)20-5-3-13(4-6-20)19-17(21)12-10-14(18)16-15(11-12)24-7-8-25-16/h10-11,13H,2-9H2,1H3,(H,19,21). The zero-order valence-electron chi connectivity index (χ0n) is 14.7. The molecule has 0 bridgehead atoms. The van der Waals surface area contributed by atoms with E-state index in [1.54, 1.807) is 12.1 Å². The van der Waals surface area contributed by atoms with E-state index in [1.807, 2.05) is 6.92 Å². The summed E-state index contributed by atoms with van der Waals surface area (Å²) in [5, 5.41) is 3.30. The Balaban J connectivity index is 1.61. The van der Waals surface area contributed by atoms with E-state index in [2.05, 4.69) is 5.32 Å². The molecule has 1 N–H and O–H groups in total. The molecule has 0 saturated carbocycles. The maximum Gasteiger partial charge on any atom is 0.251 e. The Kier molecular flexibility index (Phi) is 5.94. The second kappa shape index (κ2) is 8.02. The van der Waals surface area contributed by atoms with Gasteiger partial charge in [0.2, 0.25) is 10.0 Å². The summed E-state index contributed by atoms with van der Waals surface area (Å²) < 4.78 is 36.7. The molecule has 1 amide bonds. The molecule has 9 heteroatoms. The highest BCUT2D eigenvalue weighted by Gasteiger charge is 2.28. The third kappa shape index (κ3) is 4.24. The number of amides is 1. The van der Waals surface area contributed by atoms with Gasteiger partial charge in [-0.25, -0.2) is 12.7 Å². The summed E-state index contributed by atoms with van der Waals surface area (Å²) in [4.78, 5) is 12.5. The summed E-state index contributed by atoms with van der Waals surface area (Å²) in [6.07, 6.45) is 1.78. The molecule has 1 aromatic carbocycles. The quantitative estimate of drug-likeness (QED) is 0.814. The van der Waals surface area contributed by atoms with Crippen LogP contribution >= 0.6 is 11.6 Å². The van der Waals surface area contributed by atoms with Gasteiger partial charge in [0.1, 0.15) is 13.2 Å². The minimum atomic E-state index is -3.18. The van der Waals surface area contributed by atoms with Gasteiger partial charge in [-0.3, -0.25) is 4.79 Å². The maximum absolute atomic E-state index is 12.5. The van der Waals surface area contributed by atoms with Crippen molar-refractivity contribution >= 4 is 27.5 Å². The van der Waals surface area contributed by atoms with Gasteiger partial charge in [-0.15, -0.1) is 0 Å². The van der Waals surface area contributed by atoms with E-state index < -0.39 is 10.0 Å². The van der Waals surface area contributed by atoms with Crippen LogP contribution in [0, 0.1) is 0 Å². The molecule has 0 aliphatic carbocycles. The van der Waals surface area contributed by atoms with Gasteiger partial charge in [-0.1, -0.05) is 18.5 Å². The fraction of sp³-hybridized carbons (Fsp3) is 0.588. The largest absolute Gasteiger partial charge is 0.486 e. The maximum atomic E-state index is 12.5. The van der Waals surface area contributed by atoms with Crippen molar-refractivity contribution in [3.05, 3.63) is 22.7 Å². The van der Waals surface area contributed by atoms with Crippen LogP contribution in [0.2, 0.25) is 5.02 Å². The molecule has 2 heterocycles. The van der Waals surface area contributed by atoms with Crippen LogP contribution in [-0.4, -0.2) is 56.7 Å². The summed E-state index contributed by atoms with van der Waals surface area (Å²) in [5.41, 5.74) is 0.403. The Hall–Kier alpha value is -1.51. The Labute approximate surface area is 158 Å². The lowest BCUT2D eigenvalue weighted by atomic mass is 10.1. The van der Waals surface area contributed by atoms with E-state index in [9.17, 15) is 13.2 Å². The van der Waals surface area contributed by atoms with Crippen molar-refractivity contribution < 1.29 is 22.7 Å². The zero-order chi connectivity index (χ0) is 18.7. The zero-order valence-corrected chi connectivity index (χ0v) is 16.2. The van der Waals surface area contributed by atoms with E-state index in [0.717, 1.165) is 0 Å². The Bertz CT molecular complexity index is 776. The predicted octanol–water partition coefficient (Wildman–Crippen LogP) is 2.05. The van der Waals surface area contributed by atoms with E-state index in [1.165, 1.54) is 4.31 Å². The first-order valence-corrected chi connectivity index (χ1v) is 10.8. The molecule has 2 aliphatic heterocycles. The van der Waals surface area contributed by atoms with Gasteiger partial charge in [-0.05, 0) is 31.4 Å². The number of benzene rings is 1. The summed E-state index contributed by atoms with van der Waals surface area (Å²) in [7, 11) is -3.18. The van der Waals surface area contributed by atoms with Crippen LogP contribution < -0.4 is 14.8 Å². The summed E-state index contributed by atoms with van der Waals surface area (Å²) in [6.45, 7) is 3.55. The van der Waals surface area contributed by atoms with E-state index in [-0.39, 0.29) is 17.7 Å². The minimum absolute atomic E-state index is 0.0671. The molecule has 3 rings (SSSR count). The second-order valence-electron chi connectivity index (χ2n) is 6.45. The molecule has 0 atom stereocenters. The second-order valence-corrected chi connectivity index (χ2v) is 8.94. The van der Waals surface area contributed by atoms with Crippen molar-refractivity contribution in [3.8, 4) is 11.5 Å². The molecule has 2 aliphatic rings. The van der Waals surface area contributed by atoms with Crippen LogP contribution in [-0.2, 0) is 10.0 Å². The van der Waals surface area contributed by atoms with Gasteiger partial charge >= 0.3 is 0 Å². The van der Waals surface area contributed by atoms with Crippen molar-refractivity contribution in [3.63, 3.8) is 0 Å². The number of carbonyl (C=O) groups is 1. The van der Waals surface area contributed by atoms with Gasteiger partial charge in [0.15, 0.2) is 11.5 Å². The minimum Gasteiger partial charge on any atom is -0.486 e. The number of hydrogen-bond donors (Lipinski definition) is 1. The number of rotatable bonds is 5. The molecular weight excluding hydrogens is 380 g/mol. The van der Waals surface area contributed by atoms with E-state index in [4.69, 9.17) is 21.1 Å². The topological polar surface area (TPSA) is 84.9 Å². The molecule has 1 aromatic rings. The number of hydrogen-bond acceptors (Lipinski definition) is 5. The van der Waals surface area contributed by atoms with Gasteiger partial charge in [0.25, 0.3) is 5.91 Å². The lowest BCUT2D eigenvalue weighted by molar-refractivity contribution is 0.0922. The summed E-state index contributed by atoms with van der Waals surface area (Å²) in [5.74, 6) is 0.844. The first kappa shape index (κ1) is 19.3. The third-order valence-corrected chi connectivity index (χ3v) is 6.86. The van der Waals surface area contributed by atoms with Gasteiger partial charge in [0, 0.05) is 24.7 Å². The Morgan fingerprint density at radius 2 is 1.96 bits per heavy atom. The molecule has 1 fully saturated rings. The first-order chi connectivity index (χ1) is 12.4. The van der Waals surface area contributed by atoms with Crippen LogP contribution in [0.3, 0.4) is 0 Å². The van der Waals surface area contributed by atoms with Crippen LogP contribution in [0.1, 0.15) is 36.5 Å². The lowest BCUT2D eigenvalue weighted by Gasteiger charge is -2.31. The van der Waals surface area contributed by atoms with Crippen molar-refractivity contribution in [2.45, 2.75) is 32.2 Å². The number of nitrogens with zero attached hydrogens (tertiary/aromatic N) is 1. The summed E-state index contributed by atoms with van der Waals surface area (Å²) in [6, 6.07) is 3.12. The fourth-order valence-electron chi connectivity index (χ4n) is 3.18. The molecule has 1 saturated heterocycles. The van der Waals surface area contributed by atoms with Crippen molar-refractivity contribution in [2.75, 3.05) is 32.1 Å². The predicted molar refractivity (Wildman–Crippen MR) is 98.6 cm³/mol. The molecule has 0 aromatic heterocycles. The monoisotopic (exact) mass is 402 g/mol. The molecule has 0 unspecified atom stereocenters. The molecule has 144 valence electrons. The Morgan fingerprint density at radius 3 is 2.65 bits per heavy atom. The van der Waals surface area contributed by atoms with Crippen LogP contribution in [0.5, 0.6) is 11.5 Å². The number of halogens is 1. The van der Waals surface area contributed by atoms with E-state index in [0.29, 0.717) is 67.7 Å². The SMILES string of the molecule is CCCS(=O)(=O)N1CCC(NC(=O)c2cc(Cl)c3c(c2)OCCO3)CC1. The average molecular weight is 403 g/mol. The van der Waals surface area contributed by atoms with Crippen molar-refractivity contribution in [1.82, 2.24) is 9.62 Å². The van der Waals surface area contributed by atoms with Gasteiger partial charge < -0.3 is 14.8 Å². The van der Waals surface area contributed by atoms with Crippen molar-refractivity contribution in [1.29, 1.82) is 0 Å². The smallest absolute Gasteiger partial charge is 0.251 e. The normalized spacial score (nSPS) is 18.5. The first-order valence-electron chi connectivity index (χ1n) is 8.78. The number of nitrogens with one attached hydrogen (secondary N) is 1. The molecule has 7 nitrogen and oxygen atoms in total. The van der Waals surface area contributed by atoms with Crippen molar-refractivity contribution in [2.24, 2.45) is 0 Å². The lowest BCUT2D eigenvalue weighted by Crippen LogP contribution is -2.47.